The van der Waals surface area contributed by atoms with E-state index in [1.165, 1.54) is 6.07 Å². The number of nitrogens with two attached hydrogens (primary N) is 1. The Balaban J connectivity index is 2.43. The number of hydrogen-bond acceptors (Lipinski definition) is 3. The number of nitrogen functional groups attached to an aromatic ring is 1. The highest BCUT2D eigenvalue weighted by Gasteiger charge is 2.33. The summed E-state index contributed by atoms with van der Waals surface area (Å²) in [4.78, 5) is 1.85. The van der Waals surface area contributed by atoms with Crippen molar-refractivity contribution in [2.45, 2.75) is 31.5 Å². The Morgan fingerprint density at radius 1 is 1.38 bits per heavy atom. The van der Waals surface area contributed by atoms with Crippen LogP contribution in [0.25, 0.3) is 0 Å². The summed E-state index contributed by atoms with van der Waals surface area (Å²) < 4.78 is 38.3. The fraction of sp³-hybridized carbons (Fsp3) is 0.500. The molecule has 1 saturated carbocycles. The van der Waals surface area contributed by atoms with Gasteiger partial charge in [0.1, 0.15) is 5.84 Å². The molecule has 2 rings (SSSR count). The molecule has 116 valence electrons. The molecular weight excluding hydrogens is 283 g/mol. The largest absolute Gasteiger partial charge is 0.416 e. The van der Waals surface area contributed by atoms with Crippen molar-refractivity contribution in [2.75, 3.05) is 18.1 Å². The van der Waals surface area contributed by atoms with Crippen LogP contribution in [0.4, 0.5) is 18.9 Å². The van der Waals surface area contributed by atoms with Gasteiger partial charge in [0.25, 0.3) is 0 Å². The highest BCUT2D eigenvalue weighted by Crippen LogP contribution is 2.35. The van der Waals surface area contributed by atoms with Crippen LogP contribution in [0.3, 0.4) is 0 Å². The summed E-state index contributed by atoms with van der Waals surface area (Å²) in [5, 5.41) is 16.7. The molecule has 0 bridgehead atoms. The second kappa shape index (κ2) is 5.93. The molecule has 0 aliphatic heterocycles. The molecule has 0 saturated heterocycles. The molecular formula is C14H18F3N3O. The Kier molecular flexibility index (Phi) is 4.41. The van der Waals surface area contributed by atoms with Crippen LogP contribution in [-0.2, 0) is 6.18 Å². The number of rotatable bonds is 5. The molecule has 7 heteroatoms. The summed E-state index contributed by atoms with van der Waals surface area (Å²) in [5.74, 6) is -0.404. The zero-order chi connectivity index (χ0) is 15.6. The van der Waals surface area contributed by atoms with Gasteiger partial charge in [-0.1, -0.05) is 0 Å². The van der Waals surface area contributed by atoms with Crippen LogP contribution < -0.4 is 10.6 Å². The summed E-state index contributed by atoms with van der Waals surface area (Å²) in [6.07, 6.45) is -1.56. The van der Waals surface area contributed by atoms with Crippen molar-refractivity contribution in [1.82, 2.24) is 0 Å². The third-order valence-corrected chi connectivity index (χ3v) is 3.78. The molecule has 1 aliphatic carbocycles. The van der Waals surface area contributed by atoms with Crippen molar-refractivity contribution in [3.05, 3.63) is 29.3 Å². The van der Waals surface area contributed by atoms with E-state index in [9.17, 15) is 18.3 Å². The maximum atomic E-state index is 12.8. The molecule has 1 aromatic rings. The van der Waals surface area contributed by atoms with Gasteiger partial charge >= 0.3 is 6.18 Å². The van der Waals surface area contributed by atoms with E-state index in [0.29, 0.717) is 12.2 Å². The normalized spacial score (nSPS) is 15.6. The molecule has 21 heavy (non-hydrogen) atoms. The van der Waals surface area contributed by atoms with Crippen molar-refractivity contribution in [3.8, 4) is 0 Å². The highest BCUT2D eigenvalue weighted by molar-refractivity contribution is 6.00. The fourth-order valence-corrected chi connectivity index (χ4v) is 2.48. The van der Waals surface area contributed by atoms with Crippen molar-refractivity contribution >= 4 is 11.5 Å². The van der Waals surface area contributed by atoms with Gasteiger partial charge in [0.15, 0.2) is 0 Å². The molecule has 0 atom stereocenters. The maximum Gasteiger partial charge on any atom is 0.416 e. The number of alkyl halides is 3. The van der Waals surface area contributed by atoms with Crippen LogP contribution in [-0.4, -0.2) is 30.1 Å². The van der Waals surface area contributed by atoms with Crippen LogP contribution in [0, 0.1) is 5.41 Å². The Labute approximate surface area is 120 Å². The predicted octanol–water partition coefficient (Wildman–Crippen LogP) is 2.34. The van der Waals surface area contributed by atoms with Crippen LogP contribution in [0.2, 0.25) is 0 Å². The summed E-state index contributed by atoms with van der Waals surface area (Å²) in [5.41, 5.74) is 5.16. The van der Waals surface area contributed by atoms with E-state index in [1.54, 1.807) is 0 Å². The van der Waals surface area contributed by atoms with Crippen molar-refractivity contribution in [1.29, 1.82) is 5.41 Å². The monoisotopic (exact) mass is 301 g/mol. The molecule has 1 aromatic carbocycles. The van der Waals surface area contributed by atoms with E-state index in [2.05, 4.69) is 0 Å². The smallest absolute Gasteiger partial charge is 0.395 e. The molecule has 0 amide bonds. The van der Waals surface area contributed by atoms with E-state index in [-0.39, 0.29) is 18.2 Å². The van der Waals surface area contributed by atoms with Gasteiger partial charge < -0.3 is 15.7 Å². The first-order chi connectivity index (χ1) is 9.84. The molecule has 1 fully saturated rings. The van der Waals surface area contributed by atoms with Gasteiger partial charge in [-0.15, -0.1) is 0 Å². The third-order valence-electron chi connectivity index (χ3n) is 3.78. The number of nitrogens with zero attached hydrogens (tertiary/aromatic N) is 1. The average Bonchev–Trinajstić information content (AvgIpc) is 2.34. The Hall–Kier alpha value is -1.76. The van der Waals surface area contributed by atoms with Crippen LogP contribution in [0.5, 0.6) is 0 Å². The van der Waals surface area contributed by atoms with Crippen LogP contribution >= 0.6 is 0 Å². The van der Waals surface area contributed by atoms with E-state index in [0.717, 1.165) is 31.4 Å². The lowest BCUT2D eigenvalue weighted by molar-refractivity contribution is -0.137. The first-order valence-electron chi connectivity index (χ1n) is 6.77. The lowest BCUT2D eigenvalue weighted by Gasteiger charge is -2.40. The number of amidine groups is 1. The first-order valence-corrected chi connectivity index (χ1v) is 6.77. The van der Waals surface area contributed by atoms with Gasteiger partial charge in [-0.3, -0.25) is 5.41 Å². The van der Waals surface area contributed by atoms with Crippen LogP contribution in [0.15, 0.2) is 18.2 Å². The van der Waals surface area contributed by atoms with Gasteiger partial charge in [-0.2, -0.15) is 13.2 Å². The van der Waals surface area contributed by atoms with Gasteiger partial charge in [-0.05, 0) is 37.5 Å². The average molecular weight is 301 g/mol. The molecule has 4 nitrogen and oxygen atoms in total. The number of halogens is 3. The second-order valence-corrected chi connectivity index (χ2v) is 5.15. The van der Waals surface area contributed by atoms with Gasteiger partial charge in [-0.25, -0.2) is 0 Å². The van der Waals surface area contributed by atoms with E-state index < -0.39 is 17.6 Å². The molecule has 0 radical (unpaired) electrons. The molecule has 0 heterocycles. The SMILES string of the molecule is N=C(N)c1cc(C(F)(F)F)ccc1N(CCO)C1CCC1. The first kappa shape index (κ1) is 15.6. The van der Waals surface area contributed by atoms with E-state index in [1.807, 2.05) is 4.90 Å². The number of anilines is 1. The lowest BCUT2D eigenvalue weighted by Crippen LogP contribution is -2.43. The Morgan fingerprint density at radius 3 is 2.48 bits per heavy atom. The topological polar surface area (TPSA) is 73.3 Å². The van der Waals surface area contributed by atoms with Crippen molar-refractivity contribution in [3.63, 3.8) is 0 Å². The summed E-state index contributed by atoms with van der Waals surface area (Å²) in [7, 11) is 0. The standard InChI is InChI=1S/C14H18F3N3O/c15-14(16,17)9-4-5-12(11(8-9)13(18)19)20(6-7-21)10-2-1-3-10/h4-5,8,10,21H,1-3,6-7H2,(H3,18,19). The quantitative estimate of drug-likeness (QED) is 0.577. The second-order valence-electron chi connectivity index (χ2n) is 5.15. The third kappa shape index (κ3) is 3.29. The number of aliphatic hydroxyl groups is 1. The minimum Gasteiger partial charge on any atom is -0.395 e. The molecule has 0 unspecified atom stereocenters. The summed E-state index contributed by atoms with van der Waals surface area (Å²) in [6, 6.07) is 3.42. The molecule has 0 aromatic heterocycles. The van der Waals surface area contributed by atoms with Gasteiger partial charge in [0, 0.05) is 23.8 Å². The minimum atomic E-state index is -4.47. The Bertz CT molecular complexity index is 527. The summed E-state index contributed by atoms with van der Waals surface area (Å²) in [6.45, 7) is 0.213. The molecule has 0 spiro atoms. The minimum absolute atomic E-state index is 0.0603. The Morgan fingerprint density at radius 2 is 2.05 bits per heavy atom. The van der Waals surface area contributed by atoms with Crippen molar-refractivity contribution in [2.24, 2.45) is 5.73 Å². The van der Waals surface area contributed by atoms with Gasteiger partial charge in [0.05, 0.1) is 12.2 Å². The fourth-order valence-electron chi connectivity index (χ4n) is 2.48. The highest BCUT2D eigenvalue weighted by atomic mass is 19.4. The predicted molar refractivity (Wildman–Crippen MR) is 74.5 cm³/mol. The number of nitrogens with one attached hydrogen (secondary N) is 1. The summed E-state index contributed by atoms with van der Waals surface area (Å²) >= 11 is 0. The maximum absolute atomic E-state index is 12.8. The van der Waals surface area contributed by atoms with Crippen molar-refractivity contribution < 1.29 is 18.3 Å². The number of aliphatic hydroxyl groups excluding tert-OH is 1. The number of benzene rings is 1. The van der Waals surface area contributed by atoms with Crippen LogP contribution in [0.1, 0.15) is 30.4 Å². The zero-order valence-corrected chi connectivity index (χ0v) is 11.5. The van der Waals surface area contributed by atoms with E-state index >= 15 is 0 Å². The molecule has 4 N–H and O–H groups in total. The van der Waals surface area contributed by atoms with Gasteiger partial charge in [0.2, 0.25) is 0 Å². The lowest BCUT2D eigenvalue weighted by atomic mass is 9.90. The zero-order valence-electron chi connectivity index (χ0n) is 11.5. The van der Waals surface area contributed by atoms with E-state index in [4.69, 9.17) is 11.1 Å². The molecule has 1 aliphatic rings. The number of hydrogen-bond donors (Lipinski definition) is 3.